The zero-order valence-corrected chi connectivity index (χ0v) is 13.4. The van der Waals surface area contributed by atoms with E-state index in [-0.39, 0.29) is 18.5 Å². The molecule has 0 radical (unpaired) electrons. The van der Waals surface area contributed by atoms with Crippen LogP contribution >= 0.6 is 0 Å². The van der Waals surface area contributed by atoms with Crippen LogP contribution < -0.4 is 15.5 Å². The highest BCUT2D eigenvalue weighted by Crippen LogP contribution is 2.26. The minimum absolute atomic E-state index is 0.216. The summed E-state index contributed by atoms with van der Waals surface area (Å²) >= 11 is 0. The average Bonchev–Trinajstić information content (AvgIpc) is 2.64. The van der Waals surface area contributed by atoms with Crippen LogP contribution in [0.15, 0.2) is 24.3 Å². The van der Waals surface area contributed by atoms with E-state index in [0.29, 0.717) is 6.54 Å². The monoisotopic (exact) mass is 304 g/mol. The topological polar surface area (TPSA) is 64.7 Å². The largest absolute Gasteiger partial charge is 0.373 e. The highest BCUT2D eigenvalue weighted by Gasteiger charge is 2.26. The van der Waals surface area contributed by atoms with Gasteiger partial charge in [0.25, 0.3) is 0 Å². The number of benzene rings is 1. The van der Waals surface area contributed by atoms with Crippen molar-refractivity contribution in [1.29, 1.82) is 0 Å². The van der Waals surface area contributed by atoms with Crippen LogP contribution in [0.3, 0.4) is 0 Å². The van der Waals surface area contributed by atoms with Crippen molar-refractivity contribution >= 4 is 17.6 Å². The van der Waals surface area contributed by atoms with Gasteiger partial charge in [-0.05, 0) is 18.1 Å². The molecule has 0 saturated carbocycles. The van der Waals surface area contributed by atoms with Gasteiger partial charge in [0, 0.05) is 38.9 Å². The number of imide groups is 1. The van der Waals surface area contributed by atoms with Gasteiger partial charge in [-0.15, -0.1) is 0 Å². The Bertz CT molecular complexity index is 547. The number of hydrogen-bond acceptors (Lipinski definition) is 4. The lowest BCUT2D eigenvalue weighted by atomic mass is 10.1. The van der Waals surface area contributed by atoms with Gasteiger partial charge >= 0.3 is 6.03 Å². The first kappa shape index (κ1) is 16.3. The third-order valence-corrected chi connectivity index (χ3v) is 4.08. The fraction of sp³-hybridized carbons (Fsp3) is 0.500. The summed E-state index contributed by atoms with van der Waals surface area (Å²) < 4.78 is 0. The molecule has 1 aromatic carbocycles. The number of likely N-dealkylation sites (N-methyl/N-ethyl adjacent to an activating group) is 1. The molecule has 0 spiro atoms. The molecule has 6 nitrogen and oxygen atoms in total. The third-order valence-electron chi connectivity index (χ3n) is 4.08. The summed E-state index contributed by atoms with van der Waals surface area (Å²) in [7, 11) is 3.57. The van der Waals surface area contributed by atoms with Crippen molar-refractivity contribution in [3.63, 3.8) is 0 Å². The lowest BCUT2D eigenvalue weighted by Crippen LogP contribution is -2.47. The predicted molar refractivity (Wildman–Crippen MR) is 86.8 cm³/mol. The highest BCUT2D eigenvalue weighted by atomic mass is 16.2. The van der Waals surface area contributed by atoms with Crippen LogP contribution in [0.2, 0.25) is 0 Å². The second-order valence-electron chi connectivity index (χ2n) is 5.60. The summed E-state index contributed by atoms with van der Waals surface area (Å²) in [5.41, 5.74) is 2.41. The van der Waals surface area contributed by atoms with Crippen molar-refractivity contribution in [1.82, 2.24) is 15.5 Å². The fourth-order valence-electron chi connectivity index (χ4n) is 2.88. The molecule has 1 aliphatic heterocycles. The molecule has 0 fully saturated rings. The van der Waals surface area contributed by atoms with Crippen molar-refractivity contribution in [3.05, 3.63) is 29.8 Å². The van der Waals surface area contributed by atoms with Crippen molar-refractivity contribution in [2.45, 2.75) is 25.9 Å². The Kier molecular flexibility index (Phi) is 5.38. The molecule has 0 unspecified atom stereocenters. The molecule has 0 aromatic heterocycles. The van der Waals surface area contributed by atoms with Crippen LogP contribution in [0.5, 0.6) is 0 Å². The van der Waals surface area contributed by atoms with Gasteiger partial charge in [-0.3, -0.25) is 15.0 Å². The van der Waals surface area contributed by atoms with Crippen LogP contribution in [0, 0.1) is 0 Å². The quantitative estimate of drug-likeness (QED) is 0.880. The molecular weight excluding hydrogens is 280 g/mol. The summed E-state index contributed by atoms with van der Waals surface area (Å²) in [5.74, 6) is -0.278. The third kappa shape index (κ3) is 3.76. The Morgan fingerprint density at radius 1 is 1.32 bits per heavy atom. The Labute approximate surface area is 131 Å². The number of carbonyl (C=O) groups excluding carboxylic acids is 2. The normalized spacial score (nSPS) is 18.3. The smallest absolute Gasteiger partial charge is 0.321 e. The average molecular weight is 304 g/mol. The maximum Gasteiger partial charge on any atom is 0.321 e. The van der Waals surface area contributed by atoms with Gasteiger partial charge in [0.05, 0.1) is 6.54 Å². The molecule has 1 aromatic rings. The number of hydrogen-bond donors (Lipinski definition) is 2. The van der Waals surface area contributed by atoms with E-state index in [4.69, 9.17) is 0 Å². The molecule has 0 aliphatic carbocycles. The zero-order chi connectivity index (χ0) is 16.1. The number of anilines is 1. The Morgan fingerprint density at radius 2 is 2.05 bits per heavy atom. The molecule has 22 heavy (non-hydrogen) atoms. The second-order valence-corrected chi connectivity index (χ2v) is 5.60. The maximum absolute atomic E-state index is 12.0. The number of para-hydroxylation sites is 1. The second kappa shape index (κ2) is 7.26. The van der Waals surface area contributed by atoms with E-state index in [2.05, 4.69) is 46.5 Å². The summed E-state index contributed by atoms with van der Waals surface area (Å²) in [6.45, 7) is 3.91. The summed E-state index contributed by atoms with van der Waals surface area (Å²) in [4.78, 5) is 27.7. The number of fused-ring (bicyclic) bond motifs is 1. The van der Waals surface area contributed by atoms with Gasteiger partial charge in [-0.2, -0.15) is 0 Å². The lowest BCUT2D eigenvalue weighted by molar-refractivity contribution is -0.121. The molecule has 6 heteroatoms. The van der Waals surface area contributed by atoms with Crippen LogP contribution in [0.1, 0.15) is 18.9 Å². The van der Waals surface area contributed by atoms with Crippen LogP contribution in [-0.2, 0) is 11.3 Å². The molecular formula is C16H24N4O2. The van der Waals surface area contributed by atoms with Gasteiger partial charge in [0.1, 0.15) is 0 Å². The van der Waals surface area contributed by atoms with Crippen LogP contribution in [-0.4, -0.2) is 50.1 Å². The number of carbonyl (C=O) groups is 2. The summed E-state index contributed by atoms with van der Waals surface area (Å²) in [6.07, 6.45) is 0.950. The molecule has 0 bridgehead atoms. The maximum atomic E-state index is 12.0. The Hall–Kier alpha value is -2.08. The van der Waals surface area contributed by atoms with E-state index in [9.17, 15) is 9.59 Å². The van der Waals surface area contributed by atoms with Crippen LogP contribution in [0.4, 0.5) is 10.5 Å². The first-order valence-electron chi connectivity index (χ1n) is 7.59. The minimum Gasteiger partial charge on any atom is -0.373 e. The van der Waals surface area contributed by atoms with Gasteiger partial charge in [-0.1, -0.05) is 25.1 Å². The Morgan fingerprint density at radius 3 is 2.73 bits per heavy atom. The van der Waals surface area contributed by atoms with Crippen molar-refractivity contribution < 1.29 is 9.59 Å². The van der Waals surface area contributed by atoms with Gasteiger partial charge in [0.2, 0.25) is 5.91 Å². The van der Waals surface area contributed by atoms with Crippen LogP contribution in [0.25, 0.3) is 0 Å². The number of nitrogens with zero attached hydrogens (tertiary/aromatic N) is 2. The molecule has 0 saturated heterocycles. The number of urea groups is 1. The van der Waals surface area contributed by atoms with Crippen molar-refractivity contribution in [2.75, 3.05) is 32.1 Å². The molecule has 120 valence electrons. The standard InChI is InChI=1S/C16H24N4O2/c1-4-13-10-19(3)14-8-6-5-7-12(14)9-20(13)11-15(21)18-16(22)17-2/h5-8,13H,4,9-11H2,1-3H3,(H2,17,18,21,22)/t13-/m1/s1. The molecule has 2 N–H and O–H groups in total. The van der Waals surface area contributed by atoms with E-state index in [1.54, 1.807) is 0 Å². The molecule has 1 heterocycles. The summed E-state index contributed by atoms with van der Waals surface area (Å²) in [5, 5.41) is 4.73. The predicted octanol–water partition coefficient (Wildman–Crippen LogP) is 1.17. The van der Waals surface area contributed by atoms with E-state index < -0.39 is 6.03 Å². The molecule has 3 amide bonds. The minimum atomic E-state index is -0.467. The first-order valence-corrected chi connectivity index (χ1v) is 7.59. The number of nitrogens with one attached hydrogen (secondary N) is 2. The fourth-order valence-corrected chi connectivity index (χ4v) is 2.88. The van der Waals surface area contributed by atoms with Gasteiger partial charge < -0.3 is 10.2 Å². The SMILES string of the molecule is CC[C@@H]1CN(C)c2ccccc2CN1CC(=O)NC(=O)NC. The van der Waals surface area contributed by atoms with E-state index in [1.807, 2.05) is 12.1 Å². The highest BCUT2D eigenvalue weighted by molar-refractivity contribution is 5.95. The van der Waals surface area contributed by atoms with Gasteiger partial charge in [0.15, 0.2) is 0 Å². The lowest BCUT2D eigenvalue weighted by Gasteiger charge is -2.29. The molecule has 1 aliphatic rings. The van der Waals surface area contributed by atoms with Gasteiger partial charge in [-0.25, -0.2) is 4.79 Å². The Balaban J connectivity index is 2.15. The first-order chi connectivity index (χ1) is 10.5. The van der Waals surface area contributed by atoms with Crippen molar-refractivity contribution in [2.24, 2.45) is 0 Å². The molecule has 2 rings (SSSR count). The zero-order valence-electron chi connectivity index (χ0n) is 13.4. The number of rotatable bonds is 3. The van der Waals surface area contributed by atoms with Crippen molar-refractivity contribution in [3.8, 4) is 0 Å². The number of amides is 3. The van der Waals surface area contributed by atoms with E-state index in [0.717, 1.165) is 13.0 Å². The molecule has 1 atom stereocenters. The van der Waals surface area contributed by atoms with E-state index in [1.165, 1.54) is 18.3 Å². The van der Waals surface area contributed by atoms with E-state index >= 15 is 0 Å². The summed E-state index contributed by atoms with van der Waals surface area (Å²) in [6, 6.07) is 8.05.